The van der Waals surface area contributed by atoms with E-state index in [-0.39, 0.29) is 17.7 Å². The normalized spacial score (nSPS) is 10.1. The van der Waals surface area contributed by atoms with E-state index in [1.54, 1.807) is 0 Å². The first kappa shape index (κ1) is 13.7. The summed E-state index contributed by atoms with van der Waals surface area (Å²) in [6, 6.07) is 1.81. The molecular weight excluding hydrogens is 240 g/mol. The van der Waals surface area contributed by atoms with Crippen LogP contribution in [0, 0.1) is 6.92 Å². The third-order valence-electron chi connectivity index (χ3n) is 2.23. The average molecular weight is 257 g/mol. The van der Waals surface area contributed by atoms with Crippen LogP contribution in [-0.2, 0) is 4.79 Å². The van der Waals surface area contributed by atoms with E-state index >= 15 is 0 Å². The summed E-state index contributed by atoms with van der Waals surface area (Å²) < 4.78 is 0. The van der Waals surface area contributed by atoms with Crippen LogP contribution in [-0.4, -0.2) is 35.5 Å². The Morgan fingerprint density at radius 3 is 2.71 bits per heavy atom. The molecule has 0 unspecified atom stereocenters. The molecule has 1 amide bonds. The minimum atomic E-state index is -0.0262. The Kier molecular flexibility index (Phi) is 5.15. The molecule has 94 valence electrons. The van der Waals surface area contributed by atoms with Gasteiger partial charge >= 0.3 is 0 Å². The highest BCUT2D eigenvalue weighted by atomic mass is 35.5. The molecular formula is C11H17ClN4O. The van der Waals surface area contributed by atoms with Gasteiger partial charge in [0, 0.05) is 24.8 Å². The maximum atomic E-state index is 11.5. The summed E-state index contributed by atoms with van der Waals surface area (Å²) in [6.07, 6.45) is 0. The third kappa shape index (κ3) is 4.19. The smallest absolute Gasteiger partial charge is 0.239 e. The van der Waals surface area contributed by atoms with Crippen molar-refractivity contribution in [3.8, 4) is 0 Å². The van der Waals surface area contributed by atoms with Gasteiger partial charge in [0.05, 0.1) is 6.54 Å². The summed E-state index contributed by atoms with van der Waals surface area (Å²) in [7, 11) is 0. The number of carbonyl (C=O) groups excluding carboxylic acids is 1. The predicted molar refractivity (Wildman–Crippen MR) is 68.3 cm³/mol. The summed E-state index contributed by atoms with van der Waals surface area (Å²) in [4.78, 5) is 21.5. The first-order valence-corrected chi connectivity index (χ1v) is 5.97. The molecule has 0 spiro atoms. The summed E-state index contributed by atoms with van der Waals surface area (Å²) in [5, 5.41) is 2.96. The topological polar surface area (TPSA) is 58.1 Å². The molecule has 0 aliphatic rings. The Hall–Kier alpha value is -1.36. The van der Waals surface area contributed by atoms with Crippen LogP contribution in [0.2, 0.25) is 5.28 Å². The van der Waals surface area contributed by atoms with Crippen molar-refractivity contribution < 1.29 is 4.79 Å². The zero-order chi connectivity index (χ0) is 12.8. The highest BCUT2D eigenvalue weighted by Gasteiger charge is 2.11. The number of likely N-dealkylation sites (N-methyl/N-ethyl adjacent to an activating group) is 2. The number of amides is 1. The lowest BCUT2D eigenvalue weighted by Crippen LogP contribution is -2.37. The molecule has 1 aromatic heterocycles. The van der Waals surface area contributed by atoms with Crippen LogP contribution in [0.1, 0.15) is 19.5 Å². The zero-order valence-corrected chi connectivity index (χ0v) is 11.1. The molecule has 17 heavy (non-hydrogen) atoms. The third-order valence-corrected chi connectivity index (χ3v) is 2.40. The van der Waals surface area contributed by atoms with Crippen LogP contribution in [0.15, 0.2) is 6.07 Å². The van der Waals surface area contributed by atoms with Crippen molar-refractivity contribution in [1.82, 2.24) is 15.3 Å². The fraction of sp³-hybridized carbons (Fsp3) is 0.545. The number of nitrogens with one attached hydrogen (secondary N) is 1. The van der Waals surface area contributed by atoms with E-state index in [1.165, 1.54) is 0 Å². The van der Waals surface area contributed by atoms with Gasteiger partial charge < -0.3 is 10.2 Å². The molecule has 0 aromatic carbocycles. The fourth-order valence-corrected chi connectivity index (χ4v) is 1.68. The van der Waals surface area contributed by atoms with Gasteiger partial charge in [-0.3, -0.25) is 4.79 Å². The Bertz CT molecular complexity index is 377. The molecule has 0 bridgehead atoms. The number of anilines is 1. The van der Waals surface area contributed by atoms with E-state index in [0.717, 1.165) is 5.69 Å². The predicted octanol–water partition coefficient (Wildman–Crippen LogP) is 1.40. The molecule has 1 rings (SSSR count). The quantitative estimate of drug-likeness (QED) is 0.809. The van der Waals surface area contributed by atoms with Gasteiger partial charge in [0.2, 0.25) is 11.2 Å². The van der Waals surface area contributed by atoms with Gasteiger partial charge in [-0.25, -0.2) is 9.97 Å². The minimum absolute atomic E-state index is 0.0262. The first-order valence-electron chi connectivity index (χ1n) is 5.59. The van der Waals surface area contributed by atoms with Gasteiger partial charge in [-0.15, -0.1) is 0 Å². The Morgan fingerprint density at radius 2 is 2.18 bits per heavy atom. The van der Waals surface area contributed by atoms with E-state index in [9.17, 15) is 4.79 Å². The van der Waals surface area contributed by atoms with Crippen molar-refractivity contribution in [2.24, 2.45) is 0 Å². The Labute approximate surface area is 106 Å². The van der Waals surface area contributed by atoms with Crippen molar-refractivity contribution in [2.45, 2.75) is 20.8 Å². The highest BCUT2D eigenvalue weighted by molar-refractivity contribution is 6.28. The molecule has 0 aliphatic heterocycles. The lowest BCUT2D eigenvalue weighted by molar-refractivity contribution is -0.119. The van der Waals surface area contributed by atoms with E-state index in [0.29, 0.717) is 18.9 Å². The summed E-state index contributed by atoms with van der Waals surface area (Å²) >= 11 is 5.80. The van der Waals surface area contributed by atoms with Gasteiger partial charge in [0.1, 0.15) is 5.82 Å². The highest BCUT2D eigenvalue weighted by Crippen LogP contribution is 2.14. The summed E-state index contributed by atoms with van der Waals surface area (Å²) in [5.74, 6) is 0.651. The van der Waals surface area contributed by atoms with Crippen LogP contribution in [0.4, 0.5) is 5.82 Å². The average Bonchev–Trinajstić information content (AvgIpc) is 2.24. The van der Waals surface area contributed by atoms with E-state index < -0.39 is 0 Å². The van der Waals surface area contributed by atoms with Crippen molar-refractivity contribution in [2.75, 3.05) is 24.5 Å². The summed E-state index contributed by atoms with van der Waals surface area (Å²) in [6.45, 7) is 7.28. The lowest BCUT2D eigenvalue weighted by Gasteiger charge is -2.21. The van der Waals surface area contributed by atoms with Gasteiger partial charge in [0.25, 0.3) is 0 Å². The monoisotopic (exact) mass is 256 g/mol. The molecule has 6 heteroatoms. The number of carbonyl (C=O) groups is 1. The van der Waals surface area contributed by atoms with Crippen LogP contribution in [0.3, 0.4) is 0 Å². The molecule has 1 heterocycles. The molecule has 0 fully saturated rings. The van der Waals surface area contributed by atoms with Crippen LogP contribution >= 0.6 is 11.6 Å². The largest absolute Gasteiger partial charge is 0.355 e. The molecule has 1 aromatic rings. The number of aromatic nitrogens is 2. The van der Waals surface area contributed by atoms with Gasteiger partial charge in [0.15, 0.2) is 0 Å². The van der Waals surface area contributed by atoms with Gasteiger partial charge in [-0.05, 0) is 32.4 Å². The van der Waals surface area contributed by atoms with Crippen molar-refractivity contribution in [3.05, 3.63) is 17.0 Å². The molecule has 5 nitrogen and oxygen atoms in total. The Morgan fingerprint density at radius 1 is 1.47 bits per heavy atom. The van der Waals surface area contributed by atoms with Crippen molar-refractivity contribution >= 4 is 23.3 Å². The second-order valence-corrected chi connectivity index (χ2v) is 3.94. The maximum Gasteiger partial charge on any atom is 0.239 e. The molecule has 0 atom stereocenters. The van der Waals surface area contributed by atoms with E-state index in [1.807, 2.05) is 31.7 Å². The fourth-order valence-electron chi connectivity index (χ4n) is 1.46. The van der Waals surface area contributed by atoms with E-state index in [4.69, 9.17) is 11.6 Å². The second-order valence-electron chi connectivity index (χ2n) is 3.60. The Balaban J connectivity index is 2.82. The van der Waals surface area contributed by atoms with Gasteiger partial charge in [-0.2, -0.15) is 0 Å². The zero-order valence-electron chi connectivity index (χ0n) is 10.3. The lowest BCUT2D eigenvalue weighted by atomic mass is 10.3. The molecule has 1 N–H and O–H groups in total. The minimum Gasteiger partial charge on any atom is -0.355 e. The number of halogens is 1. The standard InChI is InChI=1S/C11H17ClN4O/c1-4-13-10(17)7-16(5-2)9-6-8(3)14-11(12)15-9/h6H,4-5,7H2,1-3H3,(H,13,17). The van der Waals surface area contributed by atoms with Crippen LogP contribution in [0.5, 0.6) is 0 Å². The number of nitrogens with zero attached hydrogens (tertiary/aromatic N) is 3. The summed E-state index contributed by atoms with van der Waals surface area (Å²) in [5.41, 5.74) is 0.786. The maximum absolute atomic E-state index is 11.5. The molecule has 0 saturated heterocycles. The number of hydrogen-bond acceptors (Lipinski definition) is 4. The molecule has 0 radical (unpaired) electrons. The first-order chi connectivity index (χ1) is 8.06. The van der Waals surface area contributed by atoms with E-state index in [2.05, 4.69) is 15.3 Å². The number of aryl methyl sites for hydroxylation is 1. The number of hydrogen-bond donors (Lipinski definition) is 1. The van der Waals surface area contributed by atoms with Crippen LogP contribution < -0.4 is 10.2 Å². The van der Waals surface area contributed by atoms with Gasteiger partial charge in [-0.1, -0.05) is 0 Å². The molecule has 0 saturated carbocycles. The molecule has 0 aliphatic carbocycles. The van der Waals surface area contributed by atoms with Crippen molar-refractivity contribution in [1.29, 1.82) is 0 Å². The van der Waals surface area contributed by atoms with Crippen molar-refractivity contribution in [3.63, 3.8) is 0 Å². The second kappa shape index (κ2) is 6.39. The number of rotatable bonds is 5. The SMILES string of the molecule is CCNC(=O)CN(CC)c1cc(C)nc(Cl)n1. The van der Waals surface area contributed by atoms with Crippen LogP contribution in [0.25, 0.3) is 0 Å².